The molecule has 0 radical (unpaired) electrons. The Kier molecular flexibility index (Phi) is 27.8. The maximum atomic E-state index is 14.6. The molecule has 0 saturated heterocycles. The number of nitrogens with two attached hydrogens (primary N) is 2. The number of benzene rings is 3. The van der Waals surface area contributed by atoms with Gasteiger partial charge in [0.25, 0.3) is 5.91 Å². The highest BCUT2D eigenvalue weighted by atomic mass is 33.1. The van der Waals surface area contributed by atoms with Crippen molar-refractivity contribution in [1.82, 2.24) is 16.0 Å². The zero-order chi connectivity index (χ0) is 54.9. The Bertz CT molecular complexity index is 2600. The molecule has 12 N–H and O–H groups in total. The second kappa shape index (κ2) is 32.2. The molecule has 3 amide bonds. The van der Waals surface area contributed by atoms with Gasteiger partial charge in [-0.15, -0.1) is 0 Å². The van der Waals surface area contributed by atoms with E-state index in [1.165, 1.54) is 57.7 Å². The number of aliphatic carboxylic acids is 2. The Morgan fingerprint density at radius 2 is 1.42 bits per heavy atom. The molecule has 0 fully saturated rings. The molecule has 29 heteroatoms. The highest BCUT2D eigenvalue weighted by Crippen LogP contribution is 2.44. The molecule has 4 rings (SSSR count). The SMILES string of the molecule is CC(=O)C(CO)NC(=O)CNC(=O)COc1cc(-c2c3cc(F)c(=O)cc-3oc3cc(O)c(F)cc23)ccc1N(CC(=O)O)CC(=O)O.COCC(N)C(=O)CSSC.CSSCC(=O)C(CO)NC(=O)CN. The van der Waals surface area contributed by atoms with Crippen molar-refractivity contribution in [1.29, 1.82) is 0 Å². The minimum atomic E-state index is -1.41. The lowest BCUT2D eigenvalue weighted by atomic mass is 9.93. The molecule has 1 aliphatic carbocycles. The molecular weight excluding hydrogens is 1050 g/mol. The van der Waals surface area contributed by atoms with Crippen LogP contribution in [0.3, 0.4) is 0 Å². The number of rotatable bonds is 27. The maximum Gasteiger partial charge on any atom is 0.323 e. The summed E-state index contributed by atoms with van der Waals surface area (Å²) in [6.45, 7) is -2.86. The quantitative estimate of drug-likeness (QED) is 0.0289. The number of nitrogens with zero attached hydrogens (tertiary/aromatic N) is 1. The van der Waals surface area contributed by atoms with Gasteiger partial charge in [-0.2, -0.15) is 0 Å². The van der Waals surface area contributed by atoms with Crippen molar-refractivity contribution in [2.24, 2.45) is 11.5 Å². The number of hydrogen-bond donors (Lipinski definition) is 10. The number of carbonyl (C=O) groups is 8. The van der Waals surface area contributed by atoms with Crippen LogP contribution in [-0.2, 0) is 43.1 Å². The Labute approximate surface area is 431 Å². The highest BCUT2D eigenvalue weighted by molar-refractivity contribution is 8.76. The zero-order valence-electron chi connectivity index (χ0n) is 39.5. The van der Waals surface area contributed by atoms with Crippen LogP contribution in [0, 0.1) is 11.6 Å². The number of fused-ring (bicyclic) bond motifs is 2. The number of phenolic OH excluding ortho intramolecular Hbond substituents is 1. The van der Waals surface area contributed by atoms with Crippen LogP contribution in [0.25, 0.3) is 33.4 Å². The lowest BCUT2D eigenvalue weighted by Gasteiger charge is -2.24. The predicted octanol–water partition coefficient (Wildman–Crippen LogP) is 0.628. The van der Waals surface area contributed by atoms with Crippen molar-refractivity contribution >= 4 is 107 Å². The summed E-state index contributed by atoms with van der Waals surface area (Å²) in [6, 6.07) is 4.88. The Hall–Kier alpha value is -6.05. The van der Waals surface area contributed by atoms with Gasteiger partial charge in [0, 0.05) is 35.8 Å². The number of halogens is 2. The summed E-state index contributed by atoms with van der Waals surface area (Å²) in [5.41, 5.74) is 9.44. The van der Waals surface area contributed by atoms with Gasteiger partial charge in [0.1, 0.15) is 42.3 Å². The summed E-state index contributed by atoms with van der Waals surface area (Å²) in [7, 11) is 7.43. The molecule has 23 nitrogen and oxygen atoms in total. The maximum absolute atomic E-state index is 14.6. The van der Waals surface area contributed by atoms with Gasteiger partial charge in [-0.25, -0.2) is 8.78 Å². The number of phenols is 1. The molecule has 2 aliphatic rings. The number of Topliss-reactive ketones (excluding diaryl/α,β-unsaturated/α-hetero) is 3. The standard InChI is InChI=1S/C31H27F2N3O12.C7H14N2O3S2.C6H13NO2S2/c1-14(38)20(12-37)35-27(41)9-34-28(42)13-47-26-4-15(2-3-21(26)36(10-29(43)44)11-30(45)46)31-16-5-18(32)22(39)7-24(16)48-25-8-23(40)19(33)6-17(25)31;1-13-14-4-6(11)5(3-10)9-7(12)2-8;1-9-3-5(7)6(8)4-11-10-2/h2-8,20,37,39H,9-13H2,1H3,(H,34,42)(H,35,41)(H,43,44)(H,45,46);5,10H,2-4,8H2,1H3,(H,9,12);5H,3-4,7H2,1-2H3. The third kappa shape index (κ3) is 20.8. The van der Waals surface area contributed by atoms with E-state index in [2.05, 4.69) is 16.0 Å². The summed E-state index contributed by atoms with van der Waals surface area (Å²) in [5, 5.41) is 53.6. The summed E-state index contributed by atoms with van der Waals surface area (Å²) in [6.07, 6.45) is 3.78. The molecule has 2 aromatic carbocycles. The van der Waals surface area contributed by atoms with Crippen LogP contribution in [0.4, 0.5) is 14.5 Å². The summed E-state index contributed by atoms with van der Waals surface area (Å²) >= 11 is 0. The van der Waals surface area contributed by atoms with Gasteiger partial charge in [0.15, 0.2) is 41.3 Å². The Morgan fingerprint density at radius 3 is 1.97 bits per heavy atom. The monoisotopic (exact) mass is 1100 g/mol. The van der Waals surface area contributed by atoms with Crippen LogP contribution < -0.4 is 42.5 Å². The van der Waals surface area contributed by atoms with Gasteiger partial charge in [0.2, 0.25) is 17.2 Å². The lowest BCUT2D eigenvalue weighted by molar-refractivity contribution is -0.136. The second-order valence-corrected chi connectivity index (χ2v) is 19.8. The van der Waals surface area contributed by atoms with E-state index in [0.29, 0.717) is 12.4 Å². The van der Waals surface area contributed by atoms with Crippen LogP contribution in [0.15, 0.2) is 51.7 Å². The van der Waals surface area contributed by atoms with Gasteiger partial charge >= 0.3 is 11.9 Å². The molecule has 0 saturated carbocycles. The van der Waals surface area contributed by atoms with Gasteiger partial charge in [-0.3, -0.25) is 43.2 Å². The number of carbonyl (C=O) groups excluding carboxylic acids is 6. The molecular formula is C44H54F2N6O17S4. The summed E-state index contributed by atoms with van der Waals surface area (Å²) < 4.78 is 45.2. The molecule has 1 heterocycles. The average Bonchev–Trinajstić information content (AvgIpc) is 3.34. The summed E-state index contributed by atoms with van der Waals surface area (Å²) in [5.74, 6) is -8.36. The smallest absolute Gasteiger partial charge is 0.323 e. The number of carboxylic acid groups (broad SMARTS) is 2. The van der Waals surface area contributed by atoms with Gasteiger partial charge in [-0.1, -0.05) is 49.2 Å². The van der Waals surface area contributed by atoms with E-state index in [1.807, 2.05) is 12.5 Å². The molecule has 0 bridgehead atoms. The van der Waals surface area contributed by atoms with Crippen molar-refractivity contribution in [3.8, 4) is 33.9 Å². The van der Waals surface area contributed by atoms with E-state index in [1.54, 1.807) is 10.8 Å². The third-order valence-electron chi connectivity index (χ3n) is 9.39. The number of aliphatic hydroxyl groups is 2. The minimum Gasteiger partial charge on any atom is -0.505 e. The number of aromatic hydroxyl groups is 1. The van der Waals surface area contributed by atoms with E-state index in [-0.39, 0.29) is 75.3 Å². The molecule has 3 atom stereocenters. The van der Waals surface area contributed by atoms with E-state index in [9.17, 15) is 72.4 Å². The Morgan fingerprint density at radius 1 is 0.822 bits per heavy atom. The first kappa shape index (κ1) is 63.1. The highest BCUT2D eigenvalue weighted by Gasteiger charge is 2.25. The van der Waals surface area contributed by atoms with Crippen molar-refractivity contribution in [3.05, 3.63) is 64.3 Å². The molecule has 73 heavy (non-hydrogen) atoms. The number of anilines is 1. The third-order valence-corrected chi connectivity index (χ3v) is 12.8. The second-order valence-electron chi connectivity index (χ2n) is 14.7. The fourth-order valence-corrected chi connectivity index (χ4v) is 8.19. The number of aliphatic hydroxyl groups excluding tert-OH is 2. The van der Waals surface area contributed by atoms with Gasteiger partial charge in [-0.05, 0) is 49.3 Å². The van der Waals surface area contributed by atoms with Crippen LogP contribution in [0.2, 0.25) is 0 Å². The van der Waals surface area contributed by atoms with Crippen LogP contribution >= 0.6 is 43.2 Å². The number of carboxylic acids is 2. The van der Waals surface area contributed by atoms with E-state index < -0.39 is 109 Å². The van der Waals surface area contributed by atoms with Crippen molar-refractivity contribution in [2.45, 2.75) is 25.0 Å². The number of methoxy groups -OCH3 is 1. The fraction of sp³-hybridized carbons (Fsp3) is 0.386. The number of amides is 3. The zero-order valence-corrected chi connectivity index (χ0v) is 42.7. The molecule has 0 aromatic heterocycles. The number of ketones is 3. The van der Waals surface area contributed by atoms with E-state index in [4.69, 9.17) is 30.5 Å². The average molecular weight is 1110 g/mol. The first-order chi connectivity index (χ1) is 34.5. The largest absolute Gasteiger partial charge is 0.505 e. The summed E-state index contributed by atoms with van der Waals surface area (Å²) in [4.78, 5) is 106. The minimum absolute atomic E-state index is 0.00187. The Balaban J connectivity index is 0.000000597. The number of hydrogen-bond acceptors (Lipinski definition) is 22. The van der Waals surface area contributed by atoms with Gasteiger partial charge < -0.3 is 71.7 Å². The molecule has 3 unspecified atom stereocenters. The van der Waals surface area contributed by atoms with Gasteiger partial charge in [0.05, 0.1) is 56.1 Å². The fourth-order valence-electron chi connectivity index (χ4n) is 5.90. The topological polar surface area (TPSA) is 378 Å². The van der Waals surface area contributed by atoms with Crippen LogP contribution in [0.1, 0.15) is 6.92 Å². The van der Waals surface area contributed by atoms with Crippen molar-refractivity contribution in [3.63, 3.8) is 0 Å². The lowest BCUT2D eigenvalue weighted by Crippen LogP contribution is -2.47. The van der Waals surface area contributed by atoms with Crippen molar-refractivity contribution in [2.75, 3.05) is 88.6 Å². The predicted molar refractivity (Wildman–Crippen MR) is 272 cm³/mol. The first-order valence-corrected chi connectivity index (χ1v) is 26.4. The molecule has 2 aromatic rings. The van der Waals surface area contributed by atoms with Crippen LogP contribution in [-0.4, -0.2) is 174 Å². The number of nitrogens with one attached hydrogen (secondary N) is 3. The molecule has 0 spiro atoms. The van der Waals surface area contributed by atoms with E-state index >= 15 is 0 Å². The molecule has 1 aliphatic heterocycles. The molecule has 400 valence electrons. The first-order valence-electron chi connectivity index (χ1n) is 21.0. The van der Waals surface area contributed by atoms with E-state index in [0.717, 1.165) is 36.1 Å². The normalized spacial score (nSPS) is 11.9. The number of ether oxygens (including phenoxy) is 2. The van der Waals surface area contributed by atoms with Crippen LogP contribution in [0.5, 0.6) is 11.5 Å². The van der Waals surface area contributed by atoms with Crippen molar-refractivity contribution < 1.29 is 86.6 Å².